The summed E-state index contributed by atoms with van der Waals surface area (Å²) < 4.78 is 5.22. The molecule has 6 heteroatoms. The number of benzene rings is 1. The average Bonchev–Trinajstić information content (AvgIpc) is 2.99. The Morgan fingerprint density at radius 3 is 2.67 bits per heavy atom. The Hall–Kier alpha value is -2.50. The van der Waals surface area contributed by atoms with Gasteiger partial charge in [-0.15, -0.1) is 0 Å². The van der Waals surface area contributed by atoms with Crippen LogP contribution in [0.2, 0.25) is 0 Å². The molecule has 0 bridgehead atoms. The first kappa shape index (κ1) is 14.9. The summed E-state index contributed by atoms with van der Waals surface area (Å²) >= 11 is 0. The minimum Gasteiger partial charge on any atom is -0.495 e. The number of methoxy groups -OCH3 is 1. The number of nitrogens with one attached hydrogen (secondary N) is 1. The van der Waals surface area contributed by atoms with Crippen LogP contribution in [0, 0.1) is 0 Å². The van der Waals surface area contributed by atoms with E-state index in [1.165, 1.54) is 13.2 Å². The predicted octanol–water partition coefficient (Wildman–Crippen LogP) is 2.42. The summed E-state index contributed by atoms with van der Waals surface area (Å²) in [7, 11) is 1.52. The molecular formula is C15H18N2O4. The molecular weight excluding hydrogens is 272 g/mol. The maximum Gasteiger partial charge on any atom is 0.328 e. The van der Waals surface area contributed by atoms with Gasteiger partial charge < -0.3 is 20.1 Å². The summed E-state index contributed by atoms with van der Waals surface area (Å²) in [6.07, 6.45) is 4.55. The molecule has 1 fully saturated rings. The number of likely N-dealkylation sites (tertiary alicyclic amines) is 1. The van der Waals surface area contributed by atoms with Crippen LogP contribution in [0.25, 0.3) is 6.08 Å². The third kappa shape index (κ3) is 3.98. The number of amides is 2. The fourth-order valence-electron chi connectivity index (χ4n) is 2.21. The van der Waals surface area contributed by atoms with Crippen LogP contribution in [0.4, 0.5) is 10.5 Å². The molecule has 0 saturated carbocycles. The van der Waals surface area contributed by atoms with Crippen LogP contribution in [-0.4, -0.2) is 42.2 Å². The first-order valence-corrected chi connectivity index (χ1v) is 6.75. The number of carboxylic acids is 1. The van der Waals surface area contributed by atoms with Crippen molar-refractivity contribution in [2.75, 3.05) is 25.5 Å². The Morgan fingerprint density at radius 1 is 1.33 bits per heavy atom. The van der Waals surface area contributed by atoms with Gasteiger partial charge in [0.1, 0.15) is 5.75 Å². The molecule has 0 unspecified atom stereocenters. The number of ether oxygens (including phenoxy) is 1. The van der Waals surface area contributed by atoms with Crippen LogP contribution >= 0.6 is 0 Å². The highest BCUT2D eigenvalue weighted by atomic mass is 16.5. The van der Waals surface area contributed by atoms with Crippen molar-refractivity contribution in [3.63, 3.8) is 0 Å². The molecule has 0 aromatic heterocycles. The van der Waals surface area contributed by atoms with Gasteiger partial charge >= 0.3 is 12.0 Å². The lowest BCUT2D eigenvalue weighted by Gasteiger charge is -2.18. The van der Waals surface area contributed by atoms with Gasteiger partial charge in [0.05, 0.1) is 12.8 Å². The molecule has 1 heterocycles. The zero-order valence-electron chi connectivity index (χ0n) is 11.8. The SMILES string of the molecule is COc1ccc(C=CC(=O)O)cc1NC(=O)N1CCCC1. The molecule has 112 valence electrons. The quantitative estimate of drug-likeness (QED) is 0.835. The number of aliphatic carboxylic acids is 1. The van der Waals surface area contributed by atoms with E-state index in [4.69, 9.17) is 9.84 Å². The maximum absolute atomic E-state index is 12.1. The highest BCUT2D eigenvalue weighted by molar-refractivity contribution is 5.92. The number of hydrogen-bond acceptors (Lipinski definition) is 3. The molecule has 1 aromatic carbocycles. The molecule has 6 nitrogen and oxygen atoms in total. The largest absolute Gasteiger partial charge is 0.495 e. The second-order valence-electron chi connectivity index (χ2n) is 4.76. The van der Waals surface area contributed by atoms with E-state index in [9.17, 15) is 9.59 Å². The number of rotatable bonds is 4. The van der Waals surface area contributed by atoms with Crippen LogP contribution in [0.5, 0.6) is 5.75 Å². The van der Waals surface area contributed by atoms with Gasteiger partial charge in [0.25, 0.3) is 0 Å². The molecule has 0 spiro atoms. The van der Waals surface area contributed by atoms with E-state index in [-0.39, 0.29) is 6.03 Å². The van der Waals surface area contributed by atoms with Crippen molar-refractivity contribution in [2.45, 2.75) is 12.8 Å². The fourth-order valence-corrected chi connectivity index (χ4v) is 2.21. The van der Waals surface area contributed by atoms with Gasteiger partial charge in [-0.25, -0.2) is 9.59 Å². The number of carbonyl (C=O) groups excluding carboxylic acids is 1. The highest BCUT2D eigenvalue weighted by Crippen LogP contribution is 2.26. The van der Waals surface area contributed by atoms with E-state index in [1.54, 1.807) is 23.1 Å². The average molecular weight is 290 g/mol. The number of anilines is 1. The van der Waals surface area contributed by atoms with Gasteiger partial charge in [-0.3, -0.25) is 0 Å². The molecule has 2 rings (SSSR count). The van der Waals surface area contributed by atoms with Crippen LogP contribution in [-0.2, 0) is 4.79 Å². The zero-order chi connectivity index (χ0) is 15.2. The number of carboxylic acid groups (broad SMARTS) is 1. The second kappa shape index (κ2) is 6.78. The smallest absolute Gasteiger partial charge is 0.328 e. The van der Waals surface area contributed by atoms with Crippen molar-refractivity contribution in [3.05, 3.63) is 29.8 Å². The standard InChI is InChI=1S/C15H18N2O4/c1-21-13-6-4-11(5-7-14(18)19)10-12(13)16-15(20)17-8-2-3-9-17/h4-7,10H,2-3,8-9H2,1H3,(H,16,20)(H,18,19). The molecule has 2 N–H and O–H groups in total. The van der Waals surface area contributed by atoms with Crippen LogP contribution in [0.15, 0.2) is 24.3 Å². The zero-order valence-corrected chi connectivity index (χ0v) is 11.8. The van der Waals surface area contributed by atoms with Gasteiger partial charge in [0.15, 0.2) is 0 Å². The van der Waals surface area contributed by atoms with Gasteiger partial charge in [-0.2, -0.15) is 0 Å². The molecule has 21 heavy (non-hydrogen) atoms. The lowest BCUT2D eigenvalue weighted by Crippen LogP contribution is -2.32. The van der Waals surface area contributed by atoms with E-state index in [0.29, 0.717) is 17.0 Å². The summed E-state index contributed by atoms with van der Waals surface area (Å²) in [5, 5.41) is 11.5. The van der Waals surface area contributed by atoms with Crippen LogP contribution in [0.1, 0.15) is 18.4 Å². The minimum atomic E-state index is -1.02. The monoisotopic (exact) mass is 290 g/mol. The lowest BCUT2D eigenvalue weighted by molar-refractivity contribution is -0.131. The molecule has 1 aliphatic rings. The Kier molecular flexibility index (Phi) is 4.81. The third-order valence-electron chi connectivity index (χ3n) is 3.28. The Bertz CT molecular complexity index is 563. The maximum atomic E-state index is 12.1. The summed E-state index contributed by atoms with van der Waals surface area (Å²) in [6, 6.07) is 4.95. The first-order chi connectivity index (χ1) is 10.1. The summed E-state index contributed by atoms with van der Waals surface area (Å²) in [6.45, 7) is 1.51. The second-order valence-corrected chi connectivity index (χ2v) is 4.76. The molecule has 0 radical (unpaired) electrons. The van der Waals surface area contributed by atoms with Gasteiger partial charge in [0.2, 0.25) is 0 Å². The van der Waals surface area contributed by atoms with E-state index in [0.717, 1.165) is 32.0 Å². The van der Waals surface area contributed by atoms with Gasteiger partial charge in [-0.05, 0) is 36.6 Å². The van der Waals surface area contributed by atoms with E-state index < -0.39 is 5.97 Å². The van der Waals surface area contributed by atoms with Crippen molar-refractivity contribution in [3.8, 4) is 5.75 Å². The molecule has 0 aliphatic carbocycles. The number of hydrogen-bond donors (Lipinski definition) is 2. The Morgan fingerprint density at radius 2 is 2.05 bits per heavy atom. The van der Waals surface area contributed by atoms with Crippen molar-refractivity contribution in [2.24, 2.45) is 0 Å². The number of carbonyl (C=O) groups is 2. The van der Waals surface area contributed by atoms with Crippen molar-refractivity contribution < 1.29 is 19.4 Å². The van der Waals surface area contributed by atoms with Crippen molar-refractivity contribution in [1.29, 1.82) is 0 Å². The Labute approximate surface area is 123 Å². The third-order valence-corrected chi connectivity index (χ3v) is 3.28. The topological polar surface area (TPSA) is 78.9 Å². The van der Waals surface area contributed by atoms with Crippen molar-refractivity contribution >= 4 is 23.8 Å². The normalized spacial score (nSPS) is 14.4. The highest BCUT2D eigenvalue weighted by Gasteiger charge is 2.19. The fraction of sp³-hybridized carbons (Fsp3) is 0.333. The van der Waals surface area contributed by atoms with Gasteiger partial charge in [-0.1, -0.05) is 6.07 Å². The first-order valence-electron chi connectivity index (χ1n) is 6.75. The van der Waals surface area contributed by atoms with Crippen LogP contribution < -0.4 is 10.1 Å². The van der Waals surface area contributed by atoms with E-state index in [1.807, 2.05) is 0 Å². The molecule has 1 aliphatic heterocycles. The predicted molar refractivity (Wildman–Crippen MR) is 79.5 cm³/mol. The van der Waals surface area contributed by atoms with Crippen LogP contribution in [0.3, 0.4) is 0 Å². The molecule has 1 saturated heterocycles. The number of nitrogens with zero attached hydrogens (tertiary/aromatic N) is 1. The molecule has 0 atom stereocenters. The summed E-state index contributed by atoms with van der Waals surface area (Å²) in [4.78, 5) is 24.4. The number of urea groups is 1. The molecule has 2 amide bonds. The summed E-state index contributed by atoms with van der Waals surface area (Å²) in [5.41, 5.74) is 1.21. The van der Waals surface area contributed by atoms with Crippen molar-refractivity contribution in [1.82, 2.24) is 4.90 Å². The van der Waals surface area contributed by atoms with E-state index >= 15 is 0 Å². The van der Waals surface area contributed by atoms with E-state index in [2.05, 4.69) is 5.32 Å². The minimum absolute atomic E-state index is 0.162. The Balaban J connectivity index is 2.17. The lowest BCUT2D eigenvalue weighted by atomic mass is 10.1. The molecule has 1 aromatic rings. The van der Waals surface area contributed by atoms with Gasteiger partial charge in [0, 0.05) is 19.2 Å². The summed E-state index contributed by atoms with van der Waals surface area (Å²) in [5.74, 6) is -0.483.